The molecule has 3 nitrogen and oxygen atoms in total. The van der Waals surface area contributed by atoms with Gasteiger partial charge in [-0.2, -0.15) is 0 Å². The Morgan fingerprint density at radius 2 is 1.87 bits per heavy atom. The summed E-state index contributed by atoms with van der Waals surface area (Å²) in [4.78, 5) is 11.9. The van der Waals surface area contributed by atoms with Crippen molar-refractivity contribution < 1.29 is 4.79 Å². The first-order chi connectivity index (χ1) is 7.08. The van der Waals surface area contributed by atoms with E-state index in [1.54, 1.807) is 12.1 Å². The number of benzene rings is 1. The first kappa shape index (κ1) is 11.9. The fraction of sp³-hybridized carbons (Fsp3) is 0.417. The average molecular weight is 206 g/mol. The minimum atomic E-state index is -1.22. The second kappa shape index (κ2) is 5.05. The van der Waals surface area contributed by atoms with Crippen LogP contribution in [0.5, 0.6) is 0 Å². The third-order valence-corrected chi connectivity index (χ3v) is 2.40. The molecule has 0 spiro atoms. The summed E-state index contributed by atoms with van der Waals surface area (Å²) < 4.78 is 0. The highest BCUT2D eigenvalue weighted by atomic mass is 16.1. The van der Waals surface area contributed by atoms with Crippen LogP contribution in [-0.2, 0) is 0 Å². The van der Waals surface area contributed by atoms with E-state index < -0.39 is 5.66 Å². The largest absolute Gasteiger partial charge is 0.307 e. The zero-order valence-corrected chi connectivity index (χ0v) is 9.07. The van der Waals surface area contributed by atoms with Crippen LogP contribution in [0.4, 0.5) is 0 Å². The van der Waals surface area contributed by atoms with Gasteiger partial charge in [-0.1, -0.05) is 50.1 Å². The Morgan fingerprint density at radius 3 is 2.40 bits per heavy atom. The van der Waals surface area contributed by atoms with E-state index in [1.165, 1.54) is 0 Å². The van der Waals surface area contributed by atoms with Gasteiger partial charge >= 0.3 is 0 Å². The number of ketones is 1. The second-order valence-corrected chi connectivity index (χ2v) is 3.84. The molecule has 0 fully saturated rings. The summed E-state index contributed by atoms with van der Waals surface area (Å²) in [6, 6.07) is 8.95. The normalized spacial score (nSPS) is 11.4. The minimum Gasteiger partial charge on any atom is -0.307 e. The molecular weight excluding hydrogens is 188 g/mol. The van der Waals surface area contributed by atoms with Gasteiger partial charge in [0, 0.05) is 5.56 Å². The van der Waals surface area contributed by atoms with Crippen LogP contribution in [0, 0.1) is 0 Å². The van der Waals surface area contributed by atoms with Crippen molar-refractivity contribution in [1.82, 2.24) is 0 Å². The van der Waals surface area contributed by atoms with Gasteiger partial charge in [0.1, 0.15) is 5.66 Å². The van der Waals surface area contributed by atoms with E-state index in [1.807, 2.05) is 25.1 Å². The predicted molar refractivity (Wildman–Crippen MR) is 61.4 cm³/mol. The minimum absolute atomic E-state index is 0.184. The number of unbranched alkanes of at least 4 members (excludes halogenated alkanes) is 1. The lowest BCUT2D eigenvalue weighted by atomic mass is 9.94. The van der Waals surface area contributed by atoms with Gasteiger partial charge in [-0.25, -0.2) is 0 Å². The molecule has 0 aliphatic heterocycles. The van der Waals surface area contributed by atoms with Gasteiger partial charge in [-0.05, 0) is 6.42 Å². The lowest BCUT2D eigenvalue weighted by molar-refractivity contribution is 0.0881. The third kappa shape index (κ3) is 3.15. The highest BCUT2D eigenvalue weighted by molar-refractivity contribution is 6.02. The van der Waals surface area contributed by atoms with Gasteiger partial charge in [0.15, 0.2) is 5.78 Å². The van der Waals surface area contributed by atoms with Crippen LogP contribution in [0.2, 0.25) is 0 Å². The Morgan fingerprint density at radius 1 is 1.27 bits per heavy atom. The molecule has 0 unspecified atom stereocenters. The molecule has 0 aliphatic carbocycles. The molecule has 0 atom stereocenters. The van der Waals surface area contributed by atoms with Crippen LogP contribution < -0.4 is 11.5 Å². The Labute approximate surface area is 90.5 Å². The number of Topliss-reactive ketones (excluding diaryl/α,β-unsaturated/α-hetero) is 1. The molecule has 0 radical (unpaired) electrons. The molecule has 0 aromatic heterocycles. The number of carbonyl (C=O) groups is 1. The van der Waals surface area contributed by atoms with Crippen molar-refractivity contribution in [3.8, 4) is 0 Å². The number of rotatable bonds is 5. The molecule has 3 heteroatoms. The maximum Gasteiger partial charge on any atom is 0.196 e. The summed E-state index contributed by atoms with van der Waals surface area (Å²) in [5, 5.41) is 0. The van der Waals surface area contributed by atoms with Crippen molar-refractivity contribution in [2.24, 2.45) is 11.5 Å². The Bertz CT molecular complexity index is 320. The monoisotopic (exact) mass is 206 g/mol. The van der Waals surface area contributed by atoms with Crippen LogP contribution in [0.25, 0.3) is 0 Å². The smallest absolute Gasteiger partial charge is 0.196 e. The Kier molecular flexibility index (Phi) is 4.00. The number of carbonyl (C=O) groups excluding carboxylic acids is 1. The molecule has 1 aromatic rings. The average Bonchev–Trinajstić information content (AvgIpc) is 2.26. The van der Waals surface area contributed by atoms with Gasteiger partial charge in [0.2, 0.25) is 0 Å². The molecule has 0 aliphatic rings. The maximum atomic E-state index is 11.9. The lowest BCUT2D eigenvalue weighted by Gasteiger charge is -2.22. The number of nitrogens with two attached hydrogens (primary N) is 2. The first-order valence-electron chi connectivity index (χ1n) is 5.25. The van der Waals surface area contributed by atoms with Crippen LogP contribution in [0.15, 0.2) is 30.3 Å². The van der Waals surface area contributed by atoms with Crippen molar-refractivity contribution in [3.05, 3.63) is 35.9 Å². The van der Waals surface area contributed by atoms with Crippen molar-refractivity contribution in [2.75, 3.05) is 0 Å². The predicted octanol–water partition coefficient (Wildman–Crippen LogP) is 1.67. The summed E-state index contributed by atoms with van der Waals surface area (Å²) in [6.45, 7) is 2.04. The zero-order valence-electron chi connectivity index (χ0n) is 9.07. The van der Waals surface area contributed by atoms with Crippen LogP contribution in [-0.4, -0.2) is 11.4 Å². The van der Waals surface area contributed by atoms with Gasteiger partial charge in [-0.15, -0.1) is 0 Å². The summed E-state index contributed by atoms with van der Waals surface area (Å²) in [5.74, 6) is -0.184. The summed E-state index contributed by atoms with van der Waals surface area (Å²) in [6.07, 6.45) is 2.38. The fourth-order valence-electron chi connectivity index (χ4n) is 1.44. The first-order valence-corrected chi connectivity index (χ1v) is 5.25. The van der Waals surface area contributed by atoms with E-state index in [-0.39, 0.29) is 5.78 Å². The zero-order chi connectivity index (χ0) is 11.3. The molecular formula is C12H18N2O. The van der Waals surface area contributed by atoms with Crippen LogP contribution in [0.1, 0.15) is 36.5 Å². The topological polar surface area (TPSA) is 69.1 Å². The molecule has 1 rings (SSSR count). The summed E-state index contributed by atoms with van der Waals surface area (Å²) in [5.41, 5.74) is 11.0. The van der Waals surface area contributed by atoms with E-state index in [0.29, 0.717) is 12.0 Å². The van der Waals surface area contributed by atoms with Crippen LogP contribution in [0.3, 0.4) is 0 Å². The van der Waals surface area contributed by atoms with Gasteiger partial charge in [0.25, 0.3) is 0 Å². The van der Waals surface area contributed by atoms with Crippen LogP contribution >= 0.6 is 0 Å². The Hall–Kier alpha value is -1.19. The molecule has 82 valence electrons. The summed E-state index contributed by atoms with van der Waals surface area (Å²) in [7, 11) is 0. The quantitative estimate of drug-likeness (QED) is 0.568. The van der Waals surface area contributed by atoms with Gasteiger partial charge in [0.05, 0.1) is 0 Å². The van der Waals surface area contributed by atoms with Gasteiger partial charge < -0.3 is 11.5 Å². The van der Waals surface area contributed by atoms with E-state index in [9.17, 15) is 4.79 Å². The molecule has 1 aromatic carbocycles. The molecule has 0 bridgehead atoms. The maximum absolute atomic E-state index is 11.9. The van der Waals surface area contributed by atoms with Crippen molar-refractivity contribution in [1.29, 1.82) is 0 Å². The second-order valence-electron chi connectivity index (χ2n) is 3.84. The van der Waals surface area contributed by atoms with E-state index >= 15 is 0 Å². The summed E-state index contributed by atoms with van der Waals surface area (Å²) >= 11 is 0. The molecule has 0 saturated carbocycles. The highest BCUT2D eigenvalue weighted by Gasteiger charge is 2.28. The van der Waals surface area contributed by atoms with E-state index in [2.05, 4.69) is 0 Å². The molecule has 0 saturated heterocycles. The molecule has 0 amide bonds. The molecule has 15 heavy (non-hydrogen) atoms. The SMILES string of the molecule is CCCCC(N)(N)C(=O)c1ccccc1. The number of hydrogen-bond acceptors (Lipinski definition) is 3. The fourth-order valence-corrected chi connectivity index (χ4v) is 1.44. The lowest BCUT2D eigenvalue weighted by Crippen LogP contribution is -2.56. The molecule has 4 N–H and O–H groups in total. The van der Waals surface area contributed by atoms with Crippen molar-refractivity contribution in [3.63, 3.8) is 0 Å². The third-order valence-electron chi connectivity index (χ3n) is 2.40. The standard InChI is InChI=1S/C12H18N2O/c1-2-3-9-12(13,14)11(15)10-7-5-4-6-8-10/h4-8H,2-3,9,13-14H2,1H3. The number of hydrogen-bond donors (Lipinski definition) is 2. The van der Waals surface area contributed by atoms with Crippen molar-refractivity contribution in [2.45, 2.75) is 31.8 Å². The van der Waals surface area contributed by atoms with Crippen molar-refractivity contribution >= 4 is 5.78 Å². The Balaban J connectivity index is 2.75. The van der Waals surface area contributed by atoms with E-state index in [4.69, 9.17) is 11.5 Å². The highest BCUT2D eigenvalue weighted by Crippen LogP contribution is 2.12. The van der Waals surface area contributed by atoms with E-state index in [0.717, 1.165) is 12.8 Å². The molecule has 0 heterocycles. The van der Waals surface area contributed by atoms with Gasteiger partial charge in [-0.3, -0.25) is 4.79 Å².